The van der Waals surface area contributed by atoms with Gasteiger partial charge in [-0.15, -0.1) is 4.98 Å². The lowest BCUT2D eigenvalue weighted by atomic mass is 9.80. The fourth-order valence-corrected chi connectivity index (χ4v) is 5.95. The highest BCUT2D eigenvalue weighted by molar-refractivity contribution is 5.87. The topological polar surface area (TPSA) is 127 Å². The third kappa shape index (κ3) is 5.46. The van der Waals surface area contributed by atoms with Crippen molar-refractivity contribution in [3.05, 3.63) is 46.2 Å². The van der Waals surface area contributed by atoms with Crippen molar-refractivity contribution in [1.29, 1.82) is 0 Å². The molecule has 0 unspecified atom stereocenters. The zero-order valence-electron chi connectivity index (χ0n) is 23.3. The molecule has 2 atom stereocenters. The predicted octanol–water partition coefficient (Wildman–Crippen LogP) is 5.91. The molecule has 0 saturated heterocycles. The van der Waals surface area contributed by atoms with Gasteiger partial charge in [0, 0.05) is 12.6 Å². The van der Waals surface area contributed by atoms with Gasteiger partial charge in [0.1, 0.15) is 11.3 Å². The largest absolute Gasteiger partial charge is 0.460 e. The molecule has 3 heterocycles. The number of anilines is 2. The summed E-state index contributed by atoms with van der Waals surface area (Å²) in [4.78, 5) is 30.0. The Kier molecular flexibility index (Phi) is 7.29. The van der Waals surface area contributed by atoms with Gasteiger partial charge in [-0.1, -0.05) is 38.3 Å². The van der Waals surface area contributed by atoms with Crippen LogP contribution in [0.4, 0.5) is 16.2 Å². The lowest BCUT2D eigenvalue weighted by Gasteiger charge is -2.32. The number of imidazole rings is 1. The van der Waals surface area contributed by atoms with Crippen LogP contribution in [0, 0.1) is 23.6 Å². The van der Waals surface area contributed by atoms with Gasteiger partial charge in [0.25, 0.3) is 0 Å². The van der Waals surface area contributed by atoms with Gasteiger partial charge in [-0.05, 0) is 75.0 Å². The standard InChI is InChI=1S/C29H37FN8O2/c1-16-10-12-19(13-11-16)15-38-23-24(31-17(2)20-6-4-7-20)33-26(27-36-29(39)40-37-27)34-25(23)35-28(38)32-18(3)21-8-5-9-22(30)14-21/h5,8-9,14,16-20H,4,6-7,10-13,15H2,1-3H3,(H,36,37,39)(H2,31,32,33,34,35)/t16?,17-,18+,19?/m1/s1. The van der Waals surface area contributed by atoms with Crippen molar-refractivity contribution < 1.29 is 8.91 Å². The first-order chi connectivity index (χ1) is 19.3. The molecular weight excluding hydrogens is 511 g/mol. The van der Waals surface area contributed by atoms with E-state index < -0.39 is 5.76 Å². The molecule has 2 saturated carbocycles. The number of rotatable bonds is 9. The van der Waals surface area contributed by atoms with Gasteiger partial charge < -0.3 is 19.7 Å². The summed E-state index contributed by atoms with van der Waals surface area (Å²) in [5.74, 6) is 2.52. The van der Waals surface area contributed by atoms with Crippen LogP contribution in [0.5, 0.6) is 0 Å². The third-order valence-corrected chi connectivity index (χ3v) is 8.74. The van der Waals surface area contributed by atoms with Crippen molar-refractivity contribution in [2.45, 2.75) is 84.3 Å². The maximum absolute atomic E-state index is 14.0. The molecule has 0 aliphatic heterocycles. The maximum Gasteiger partial charge on any atom is 0.460 e. The molecule has 0 radical (unpaired) electrons. The van der Waals surface area contributed by atoms with E-state index in [1.54, 1.807) is 12.1 Å². The van der Waals surface area contributed by atoms with Gasteiger partial charge in [-0.3, -0.25) is 0 Å². The molecule has 212 valence electrons. The lowest BCUT2D eigenvalue weighted by molar-refractivity contribution is 0.267. The summed E-state index contributed by atoms with van der Waals surface area (Å²) in [5, 5.41) is 9.71. The zero-order valence-corrected chi connectivity index (χ0v) is 23.3. The van der Waals surface area contributed by atoms with E-state index >= 15 is 0 Å². The fraction of sp³-hybridized carbons (Fsp3) is 0.552. The number of hydrogen-bond donors (Lipinski definition) is 3. The second-order valence-electron chi connectivity index (χ2n) is 11.7. The second kappa shape index (κ2) is 11.0. The number of halogens is 1. The summed E-state index contributed by atoms with van der Waals surface area (Å²) in [6.45, 7) is 7.28. The molecular formula is C29H37FN8O2. The average Bonchev–Trinajstić information content (AvgIpc) is 3.47. The van der Waals surface area contributed by atoms with E-state index in [9.17, 15) is 9.18 Å². The van der Waals surface area contributed by atoms with Gasteiger partial charge in [0.2, 0.25) is 17.6 Å². The summed E-state index contributed by atoms with van der Waals surface area (Å²) in [6.07, 6.45) is 8.34. The van der Waals surface area contributed by atoms with Crippen molar-refractivity contribution in [2.24, 2.45) is 17.8 Å². The van der Waals surface area contributed by atoms with Crippen LogP contribution in [-0.4, -0.2) is 35.7 Å². The van der Waals surface area contributed by atoms with Gasteiger partial charge >= 0.3 is 5.76 Å². The Morgan fingerprint density at radius 1 is 1.07 bits per heavy atom. The summed E-state index contributed by atoms with van der Waals surface area (Å²) in [5.41, 5.74) is 2.14. The van der Waals surface area contributed by atoms with Gasteiger partial charge in [0.05, 0.1) is 6.04 Å². The van der Waals surface area contributed by atoms with Crippen LogP contribution in [0.2, 0.25) is 0 Å². The molecule has 6 rings (SSSR count). The molecule has 1 aromatic carbocycles. The first-order valence-corrected chi connectivity index (χ1v) is 14.5. The van der Waals surface area contributed by atoms with E-state index in [1.807, 2.05) is 13.0 Å². The van der Waals surface area contributed by atoms with E-state index in [2.05, 4.69) is 39.2 Å². The smallest absolute Gasteiger partial charge is 0.365 e. The van der Waals surface area contributed by atoms with Crippen molar-refractivity contribution in [3.8, 4) is 11.6 Å². The Labute approximate surface area is 232 Å². The van der Waals surface area contributed by atoms with Gasteiger partial charge in [-0.25, -0.2) is 19.2 Å². The molecule has 40 heavy (non-hydrogen) atoms. The normalized spacial score (nSPS) is 21.2. The van der Waals surface area contributed by atoms with Crippen molar-refractivity contribution in [1.82, 2.24) is 29.7 Å². The summed E-state index contributed by atoms with van der Waals surface area (Å²) in [7, 11) is 0. The number of aromatic nitrogens is 6. The van der Waals surface area contributed by atoms with Crippen LogP contribution < -0.4 is 16.4 Å². The van der Waals surface area contributed by atoms with Crippen LogP contribution in [0.3, 0.4) is 0 Å². The molecule has 3 N–H and O–H groups in total. The molecule has 2 aliphatic carbocycles. The van der Waals surface area contributed by atoms with E-state index in [4.69, 9.17) is 19.5 Å². The molecule has 10 nitrogen and oxygen atoms in total. The number of aromatic amines is 1. The minimum Gasteiger partial charge on any atom is -0.365 e. The molecule has 0 spiro atoms. The van der Waals surface area contributed by atoms with Crippen LogP contribution in [0.15, 0.2) is 33.6 Å². The molecule has 0 bridgehead atoms. The second-order valence-corrected chi connectivity index (χ2v) is 11.7. The van der Waals surface area contributed by atoms with E-state index in [1.165, 1.54) is 38.2 Å². The maximum atomic E-state index is 14.0. The minimum atomic E-state index is -0.737. The summed E-state index contributed by atoms with van der Waals surface area (Å²) >= 11 is 0. The molecule has 2 aliphatic rings. The number of benzene rings is 1. The predicted molar refractivity (Wildman–Crippen MR) is 151 cm³/mol. The monoisotopic (exact) mass is 548 g/mol. The summed E-state index contributed by atoms with van der Waals surface area (Å²) < 4.78 is 21.0. The molecule has 2 fully saturated rings. The number of hydrogen-bond acceptors (Lipinski definition) is 8. The van der Waals surface area contributed by atoms with Crippen molar-refractivity contribution in [2.75, 3.05) is 10.6 Å². The number of H-pyrrole nitrogens is 1. The number of nitrogens with one attached hydrogen (secondary N) is 3. The molecule has 3 aromatic heterocycles. The third-order valence-electron chi connectivity index (χ3n) is 8.74. The molecule has 0 amide bonds. The van der Waals surface area contributed by atoms with E-state index in [0.717, 1.165) is 36.4 Å². The SMILES string of the molecule is CC1CCC(Cn2c(N[C@@H](C)c3cccc(F)c3)nc3nc(-c4nc(=O)o[nH]4)nc(N[C@H](C)C4CCC4)c32)CC1. The quantitative estimate of drug-likeness (QED) is 0.236. The molecule has 4 aromatic rings. The Morgan fingerprint density at radius 2 is 1.88 bits per heavy atom. The van der Waals surface area contributed by atoms with Crippen molar-refractivity contribution in [3.63, 3.8) is 0 Å². The zero-order chi connectivity index (χ0) is 27.8. The first kappa shape index (κ1) is 26.5. The van der Waals surface area contributed by atoms with Crippen LogP contribution in [0.1, 0.15) is 77.3 Å². The lowest BCUT2D eigenvalue weighted by Crippen LogP contribution is -2.31. The van der Waals surface area contributed by atoms with Crippen LogP contribution in [-0.2, 0) is 6.54 Å². The number of nitrogens with zero attached hydrogens (tertiary/aromatic N) is 5. The Bertz CT molecular complexity index is 1530. The Hall–Kier alpha value is -3.76. The highest BCUT2D eigenvalue weighted by Crippen LogP contribution is 2.36. The van der Waals surface area contributed by atoms with Crippen LogP contribution in [0.25, 0.3) is 22.8 Å². The van der Waals surface area contributed by atoms with E-state index in [0.29, 0.717) is 29.2 Å². The van der Waals surface area contributed by atoms with Gasteiger partial charge in [-0.2, -0.15) is 10.1 Å². The Morgan fingerprint density at radius 3 is 2.55 bits per heavy atom. The van der Waals surface area contributed by atoms with Crippen molar-refractivity contribution >= 4 is 22.9 Å². The van der Waals surface area contributed by atoms with E-state index in [-0.39, 0.29) is 29.5 Å². The molecule has 11 heteroatoms. The van der Waals surface area contributed by atoms with Gasteiger partial charge in [0.15, 0.2) is 11.5 Å². The first-order valence-electron chi connectivity index (χ1n) is 14.5. The summed E-state index contributed by atoms with van der Waals surface area (Å²) in [6, 6.07) is 6.62. The highest BCUT2D eigenvalue weighted by atomic mass is 19.1. The average molecular weight is 549 g/mol. The van der Waals surface area contributed by atoms with Crippen LogP contribution >= 0.6 is 0 Å². The Balaban J connectivity index is 1.45. The fourth-order valence-electron chi connectivity index (χ4n) is 5.95. The number of fused-ring (bicyclic) bond motifs is 1. The highest BCUT2D eigenvalue weighted by Gasteiger charge is 2.29. The minimum absolute atomic E-state index is 0.157.